The summed E-state index contributed by atoms with van der Waals surface area (Å²) in [5.41, 5.74) is 7.00. The van der Waals surface area contributed by atoms with Crippen LogP contribution in [0.5, 0.6) is 0 Å². The van der Waals surface area contributed by atoms with Gasteiger partial charge >= 0.3 is 0 Å². The van der Waals surface area contributed by atoms with E-state index < -0.39 is 0 Å². The number of nitrogens with zero attached hydrogens (tertiary/aromatic N) is 1. The molecule has 4 nitrogen and oxygen atoms in total. The smallest absolute Gasteiger partial charge is 0.0863 e. The molecule has 0 heterocycles. The first-order chi connectivity index (χ1) is 10.7. The molecular weight excluding hydrogens is 319 g/mol. The van der Waals surface area contributed by atoms with E-state index >= 15 is 0 Å². The standard InChI is InChI=1S/C16H24Cl2N4/c1-2-20-12-22-8-3-7-21-9-6-14(11-19)13-4-5-15(17)16(18)10-13/h2,4-5,10,12,14,21H,1,3,6-9,11,19H2,(H,20,22). The number of benzene rings is 1. The lowest BCUT2D eigenvalue weighted by Gasteiger charge is -2.16. The second-order valence-electron chi connectivity index (χ2n) is 4.90. The molecule has 6 heteroatoms. The van der Waals surface area contributed by atoms with E-state index in [2.05, 4.69) is 22.2 Å². The number of halogens is 2. The topological polar surface area (TPSA) is 62.4 Å². The molecule has 22 heavy (non-hydrogen) atoms. The summed E-state index contributed by atoms with van der Waals surface area (Å²) >= 11 is 12.0. The lowest BCUT2D eigenvalue weighted by atomic mass is 9.96. The molecule has 1 rings (SSSR count). The number of hydrogen-bond donors (Lipinski definition) is 3. The van der Waals surface area contributed by atoms with Crippen LogP contribution in [-0.2, 0) is 0 Å². The van der Waals surface area contributed by atoms with Crippen molar-refractivity contribution in [1.82, 2.24) is 10.6 Å². The van der Waals surface area contributed by atoms with E-state index in [-0.39, 0.29) is 5.92 Å². The van der Waals surface area contributed by atoms with Gasteiger partial charge in [-0.2, -0.15) is 0 Å². The molecule has 4 N–H and O–H groups in total. The van der Waals surface area contributed by atoms with E-state index in [1.165, 1.54) is 0 Å². The van der Waals surface area contributed by atoms with E-state index in [1.807, 2.05) is 18.2 Å². The zero-order valence-electron chi connectivity index (χ0n) is 12.7. The van der Waals surface area contributed by atoms with Crippen LogP contribution in [0.2, 0.25) is 10.0 Å². The Labute approximate surface area is 142 Å². The van der Waals surface area contributed by atoms with Crippen LogP contribution in [0.15, 0.2) is 36.0 Å². The molecule has 0 fully saturated rings. The fourth-order valence-corrected chi connectivity index (χ4v) is 2.36. The number of hydrogen-bond acceptors (Lipinski definition) is 3. The summed E-state index contributed by atoms with van der Waals surface area (Å²) in [5.74, 6) is 0.289. The average molecular weight is 343 g/mol. The molecule has 0 aliphatic heterocycles. The Morgan fingerprint density at radius 1 is 1.27 bits per heavy atom. The average Bonchev–Trinajstić information content (AvgIpc) is 2.52. The van der Waals surface area contributed by atoms with Crippen LogP contribution in [0, 0.1) is 0 Å². The third kappa shape index (κ3) is 7.27. The number of aliphatic imine (C=N–C) groups is 1. The first-order valence-electron chi connectivity index (χ1n) is 7.40. The number of nitrogens with one attached hydrogen (secondary N) is 2. The molecule has 0 aliphatic carbocycles. The minimum atomic E-state index is 0.289. The maximum absolute atomic E-state index is 6.06. The first kappa shape index (κ1) is 19.0. The summed E-state index contributed by atoms with van der Waals surface area (Å²) < 4.78 is 0. The van der Waals surface area contributed by atoms with Crippen molar-refractivity contribution in [1.29, 1.82) is 0 Å². The van der Waals surface area contributed by atoms with E-state index in [4.69, 9.17) is 28.9 Å². The number of nitrogens with two attached hydrogens (primary N) is 1. The molecule has 0 bridgehead atoms. The highest BCUT2D eigenvalue weighted by molar-refractivity contribution is 6.42. The molecule has 1 unspecified atom stereocenters. The Bertz CT molecular complexity index is 477. The minimum Gasteiger partial charge on any atom is -0.354 e. The van der Waals surface area contributed by atoms with E-state index in [1.54, 1.807) is 12.5 Å². The van der Waals surface area contributed by atoms with Gasteiger partial charge in [-0.05, 0) is 62.3 Å². The monoisotopic (exact) mass is 342 g/mol. The molecular formula is C16H24Cl2N4. The first-order valence-corrected chi connectivity index (χ1v) is 8.15. The molecule has 122 valence electrons. The van der Waals surface area contributed by atoms with E-state index in [9.17, 15) is 0 Å². The minimum absolute atomic E-state index is 0.289. The zero-order valence-corrected chi connectivity index (χ0v) is 14.2. The quantitative estimate of drug-likeness (QED) is 0.329. The molecule has 0 spiro atoms. The molecule has 0 saturated carbocycles. The molecule has 0 amide bonds. The van der Waals surface area contributed by atoms with Crippen molar-refractivity contribution in [3.8, 4) is 0 Å². The van der Waals surface area contributed by atoms with Crippen molar-refractivity contribution in [3.63, 3.8) is 0 Å². The highest BCUT2D eigenvalue weighted by atomic mass is 35.5. The van der Waals surface area contributed by atoms with Crippen molar-refractivity contribution >= 4 is 29.5 Å². The highest BCUT2D eigenvalue weighted by Gasteiger charge is 2.10. The van der Waals surface area contributed by atoms with Crippen molar-refractivity contribution in [3.05, 3.63) is 46.6 Å². The Balaban J connectivity index is 2.24. The fraction of sp³-hybridized carbons (Fsp3) is 0.438. The van der Waals surface area contributed by atoms with E-state index in [0.29, 0.717) is 16.6 Å². The second-order valence-corrected chi connectivity index (χ2v) is 5.72. The third-order valence-electron chi connectivity index (χ3n) is 3.29. The zero-order chi connectivity index (χ0) is 16.2. The lowest BCUT2D eigenvalue weighted by molar-refractivity contribution is 0.565. The molecule has 1 aromatic rings. The summed E-state index contributed by atoms with van der Waals surface area (Å²) in [7, 11) is 0. The molecule has 1 aromatic carbocycles. The summed E-state index contributed by atoms with van der Waals surface area (Å²) in [6.07, 6.45) is 5.21. The van der Waals surface area contributed by atoms with Gasteiger partial charge in [-0.1, -0.05) is 35.8 Å². The van der Waals surface area contributed by atoms with E-state index in [0.717, 1.165) is 38.0 Å². The van der Waals surface area contributed by atoms with Gasteiger partial charge in [0.15, 0.2) is 0 Å². The highest BCUT2D eigenvalue weighted by Crippen LogP contribution is 2.27. The van der Waals surface area contributed by atoms with Gasteiger partial charge in [0.25, 0.3) is 0 Å². The summed E-state index contributed by atoms with van der Waals surface area (Å²) in [6.45, 7) is 6.77. The van der Waals surface area contributed by atoms with Gasteiger partial charge in [-0.3, -0.25) is 4.99 Å². The van der Waals surface area contributed by atoms with Gasteiger partial charge in [-0.25, -0.2) is 0 Å². The van der Waals surface area contributed by atoms with Gasteiger partial charge in [0, 0.05) is 6.54 Å². The van der Waals surface area contributed by atoms with Crippen molar-refractivity contribution in [2.75, 3.05) is 26.2 Å². The molecule has 0 aromatic heterocycles. The van der Waals surface area contributed by atoms with Crippen LogP contribution in [0.1, 0.15) is 24.3 Å². The van der Waals surface area contributed by atoms with Crippen LogP contribution in [0.4, 0.5) is 0 Å². The summed E-state index contributed by atoms with van der Waals surface area (Å²) in [5, 5.41) is 7.38. The van der Waals surface area contributed by atoms with Crippen LogP contribution in [0.25, 0.3) is 0 Å². The van der Waals surface area contributed by atoms with Gasteiger partial charge in [0.2, 0.25) is 0 Å². The largest absolute Gasteiger partial charge is 0.354 e. The van der Waals surface area contributed by atoms with Crippen LogP contribution in [-0.4, -0.2) is 32.5 Å². The van der Waals surface area contributed by atoms with Crippen LogP contribution in [0.3, 0.4) is 0 Å². The normalized spacial score (nSPS) is 12.5. The van der Waals surface area contributed by atoms with Gasteiger partial charge in [0.05, 0.1) is 16.4 Å². The van der Waals surface area contributed by atoms with Crippen LogP contribution >= 0.6 is 23.2 Å². The number of rotatable bonds is 11. The summed E-state index contributed by atoms with van der Waals surface area (Å²) in [6, 6.07) is 5.72. The van der Waals surface area contributed by atoms with Crippen LogP contribution < -0.4 is 16.4 Å². The molecule has 0 aliphatic rings. The Kier molecular flexibility index (Phi) is 9.91. The molecule has 0 radical (unpaired) electrons. The second kappa shape index (κ2) is 11.5. The van der Waals surface area contributed by atoms with Gasteiger partial charge in [-0.15, -0.1) is 0 Å². The maximum atomic E-state index is 6.06. The van der Waals surface area contributed by atoms with Gasteiger partial charge in [0.1, 0.15) is 0 Å². The van der Waals surface area contributed by atoms with Gasteiger partial charge < -0.3 is 16.4 Å². The molecule has 0 saturated heterocycles. The SMILES string of the molecule is C=CNC=NCCCNCCC(CN)c1ccc(Cl)c(Cl)c1. The Morgan fingerprint density at radius 2 is 2.09 bits per heavy atom. The third-order valence-corrected chi connectivity index (χ3v) is 4.03. The van der Waals surface area contributed by atoms with Crippen molar-refractivity contribution in [2.45, 2.75) is 18.8 Å². The fourth-order valence-electron chi connectivity index (χ4n) is 2.05. The maximum Gasteiger partial charge on any atom is 0.0863 e. The predicted molar refractivity (Wildman–Crippen MR) is 97.1 cm³/mol. The van der Waals surface area contributed by atoms with Crippen molar-refractivity contribution < 1.29 is 0 Å². The lowest BCUT2D eigenvalue weighted by Crippen LogP contribution is -2.22. The predicted octanol–water partition coefficient (Wildman–Crippen LogP) is 3.17. The molecule has 1 atom stereocenters. The summed E-state index contributed by atoms with van der Waals surface area (Å²) in [4.78, 5) is 4.18. The Hall–Kier alpha value is -1.07. The van der Waals surface area contributed by atoms with Crippen molar-refractivity contribution in [2.24, 2.45) is 10.7 Å². The Morgan fingerprint density at radius 3 is 2.77 bits per heavy atom.